The van der Waals surface area contributed by atoms with E-state index >= 15 is 0 Å². The van der Waals surface area contributed by atoms with Crippen molar-refractivity contribution in [2.24, 2.45) is 0 Å². The molecule has 2 heterocycles. The molecule has 27 heavy (non-hydrogen) atoms. The molecule has 3 rings (SSSR count). The zero-order chi connectivity index (χ0) is 19.1. The monoisotopic (exact) mass is 369 g/mol. The highest BCUT2D eigenvalue weighted by Gasteiger charge is 2.19. The first-order chi connectivity index (χ1) is 13.1. The van der Waals surface area contributed by atoms with Crippen molar-refractivity contribution in [3.8, 4) is 11.8 Å². The van der Waals surface area contributed by atoms with Crippen LogP contribution in [0.4, 0.5) is 5.82 Å². The van der Waals surface area contributed by atoms with Crippen LogP contribution >= 0.6 is 0 Å². The van der Waals surface area contributed by atoms with Gasteiger partial charge in [-0.3, -0.25) is 14.6 Å². The lowest BCUT2D eigenvalue weighted by Gasteiger charge is -2.34. The van der Waals surface area contributed by atoms with E-state index in [1.54, 1.807) is 25.1 Å². The minimum atomic E-state index is -0.0857. The van der Waals surface area contributed by atoms with Crippen LogP contribution in [0.15, 0.2) is 34.9 Å². The topological polar surface area (TPSA) is 94.6 Å². The standard InChI is InChI=1S/C19H23N5O3/c1-15-11-18(22-27-15)21-19(25)14-24-7-5-23(6-8-24)9-10-26-17-4-2-3-16(12-17)13-20/h2-4,11-12H,5-10,14H2,1H3,(H,21,22,25). The predicted octanol–water partition coefficient (Wildman–Crippen LogP) is 1.49. The molecule has 1 N–H and O–H groups in total. The Hall–Kier alpha value is -2.89. The number of hydrogen-bond acceptors (Lipinski definition) is 7. The minimum absolute atomic E-state index is 0.0857. The van der Waals surface area contributed by atoms with Gasteiger partial charge in [0.1, 0.15) is 18.1 Å². The fourth-order valence-electron chi connectivity index (χ4n) is 2.93. The van der Waals surface area contributed by atoms with E-state index in [0.717, 1.165) is 32.7 Å². The van der Waals surface area contributed by atoms with Crippen molar-refractivity contribution in [2.45, 2.75) is 6.92 Å². The fourth-order valence-corrected chi connectivity index (χ4v) is 2.93. The van der Waals surface area contributed by atoms with Gasteiger partial charge >= 0.3 is 0 Å². The maximum Gasteiger partial charge on any atom is 0.239 e. The van der Waals surface area contributed by atoms with Gasteiger partial charge in [-0.15, -0.1) is 0 Å². The molecule has 0 radical (unpaired) electrons. The fraction of sp³-hybridized carbons (Fsp3) is 0.421. The van der Waals surface area contributed by atoms with E-state index in [0.29, 0.717) is 36.0 Å². The first-order valence-electron chi connectivity index (χ1n) is 8.93. The Morgan fingerprint density at radius 3 is 2.78 bits per heavy atom. The lowest BCUT2D eigenvalue weighted by Crippen LogP contribution is -2.49. The zero-order valence-corrected chi connectivity index (χ0v) is 15.4. The summed E-state index contributed by atoms with van der Waals surface area (Å²) in [7, 11) is 0. The van der Waals surface area contributed by atoms with Gasteiger partial charge in [0.15, 0.2) is 5.82 Å². The highest BCUT2D eigenvalue weighted by molar-refractivity contribution is 5.91. The third kappa shape index (κ3) is 5.81. The molecule has 1 fully saturated rings. The number of aromatic nitrogens is 1. The number of benzene rings is 1. The number of nitrogens with one attached hydrogen (secondary N) is 1. The van der Waals surface area contributed by atoms with Crippen molar-refractivity contribution in [3.05, 3.63) is 41.7 Å². The van der Waals surface area contributed by atoms with Gasteiger partial charge in [0.05, 0.1) is 18.2 Å². The molecule has 0 saturated carbocycles. The van der Waals surface area contributed by atoms with Gasteiger partial charge in [-0.25, -0.2) is 0 Å². The summed E-state index contributed by atoms with van der Waals surface area (Å²) in [5.74, 6) is 1.75. The smallest absolute Gasteiger partial charge is 0.239 e. The van der Waals surface area contributed by atoms with Crippen LogP contribution in [0.3, 0.4) is 0 Å². The number of carbonyl (C=O) groups is 1. The van der Waals surface area contributed by atoms with Crippen molar-refractivity contribution in [1.82, 2.24) is 15.0 Å². The zero-order valence-electron chi connectivity index (χ0n) is 15.4. The number of aryl methyl sites for hydroxylation is 1. The summed E-state index contributed by atoms with van der Waals surface area (Å²) in [5, 5.41) is 15.4. The summed E-state index contributed by atoms with van der Waals surface area (Å²) < 4.78 is 10.7. The van der Waals surface area contributed by atoms with Gasteiger partial charge in [-0.2, -0.15) is 5.26 Å². The molecule has 1 amide bonds. The molecule has 2 aromatic rings. The molecule has 8 nitrogen and oxygen atoms in total. The molecule has 1 aliphatic heterocycles. The van der Waals surface area contributed by atoms with Crippen LogP contribution in [0.25, 0.3) is 0 Å². The van der Waals surface area contributed by atoms with E-state index in [1.807, 2.05) is 12.1 Å². The first-order valence-corrected chi connectivity index (χ1v) is 8.93. The number of nitriles is 1. The SMILES string of the molecule is Cc1cc(NC(=O)CN2CCN(CCOc3cccc(C#N)c3)CC2)no1. The Balaban J connectivity index is 1.34. The molecule has 1 aliphatic rings. The van der Waals surface area contributed by atoms with Crippen molar-refractivity contribution in [2.75, 3.05) is 51.2 Å². The number of amides is 1. The summed E-state index contributed by atoms with van der Waals surface area (Å²) in [4.78, 5) is 16.5. The van der Waals surface area contributed by atoms with Crippen LogP contribution in [0.1, 0.15) is 11.3 Å². The number of hydrogen-bond donors (Lipinski definition) is 1. The van der Waals surface area contributed by atoms with Gasteiger partial charge in [-0.1, -0.05) is 11.2 Å². The van der Waals surface area contributed by atoms with E-state index in [2.05, 4.69) is 26.3 Å². The molecule has 8 heteroatoms. The molecule has 1 saturated heterocycles. The number of nitrogens with zero attached hydrogens (tertiary/aromatic N) is 4. The number of piperazine rings is 1. The maximum absolute atomic E-state index is 12.1. The van der Waals surface area contributed by atoms with E-state index in [9.17, 15) is 4.79 Å². The molecule has 142 valence electrons. The van der Waals surface area contributed by atoms with Crippen LogP contribution in [-0.2, 0) is 4.79 Å². The van der Waals surface area contributed by atoms with E-state index < -0.39 is 0 Å². The summed E-state index contributed by atoms with van der Waals surface area (Å²) in [6, 6.07) is 11.0. The summed E-state index contributed by atoms with van der Waals surface area (Å²) in [6.07, 6.45) is 0. The highest BCUT2D eigenvalue weighted by atomic mass is 16.5. The second-order valence-electron chi connectivity index (χ2n) is 6.48. The van der Waals surface area contributed by atoms with Crippen LogP contribution in [0.5, 0.6) is 5.75 Å². The van der Waals surface area contributed by atoms with Crippen molar-refractivity contribution < 1.29 is 14.1 Å². The second kappa shape index (κ2) is 9.16. The Morgan fingerprint density at radius 2 is 2.07 bits per heavy atom. The third-order valence-corrected chi connectivity index (χ3v) is 4.37. The maximum atomic E-state index is 12.1. The van der Waals surface area contributed by atoms with Crippen LogP contribution in [0, 0.1) is 18.3 Å². The molecule has 0 bridgehead atoms. The predicted molar refractivity (Wildman–Crippen MR) is 99.4 cm³/mol. The largest absolute Gasteiger partial charge is 0.492 e. The highest BCUT2D eigenvalue weighted by Crippen LogP contribution is 2.13. The molecule has 0 unspecified atom stereocenters. The average Bonchev–Trinajstić information content (AvgIpc) is 3.08. The molecular formula is C19H23N5O3. The molecule has 0 atom stereocenters. The molecule has 0 spiro atoms. The van der Waals surface area contributed by atoms with E-state index in [4.69, 9.17) is 14.5 Å². The van der Waals surface area contributed by atoms with Crippen molar-refractivity contribution in [1.29, 1.82) is 5.26 Å². The lowest BCUT2D eigenvalue weighted by atomic mass is 10.2. The average molecular weight is 369 g/mol. The van der Waals surface area contributed by atoms with E-state index in [1.165, 1.54) is 0 Å². The molecular weight excluding hydrogens is 346 g/mol. The Labute approximate surface area is 158 Å². The molecule has 1 aromatic heterocycles. The van der Waals surface area contributed by atoms with Crippen molar-refractivity contribution >= 4 is 11.7 Å². The summed E-state index contributed by atoms with van der Waals surface area (Å²) in [6.45, 7) is 6.94. The van der Waals surface area contributed by atoms with Crippen molar-refractivity contribution in [3.63, 3.8) is 0 Å². The Morgan fingerprint density at radius 1 is 1.30 bits per heavy atom. The van der Waals surface area contributed by atoms with Crippen LogP contribution < -0.4 is 10.1 Å². The first kappa shape index (κ1) is 18.9. The van der Waals surface area contributed by atoms with Crippen LogP contribution in [-0.4, -0.2) is 66.7 Å². The number of ether oxygens (including phenoxy) is 1. The van der Waals surface area contributed by atoms with Gasteiger partial charge < -0.3 is 14.6 Å². The van der Waals surface area contributed by atoms with Gasteiger partial charge in [0.2, 0.25) is 5.91 Å². The Kier molecular flexibility index (Phi) is 6.41. The number of anilines is 1. The van der Waals surface area contributed by atoms with Gasteiger partial charge in [-0.05, 0) is 25.1 Å². The molecule has 1 aromatic carbocycles. The van der Waals surface area contributed by atoms with Gasteiger partial charge in [0.25, 0.3) is 0 Å². The quantitative estimate of drug-likeness (QED) is 0.790. The molecule has 0 aliphatic carbocycles. The second-order valence-corrected chi connectivity index (χ2v) is 6.48. The minimum Gasteiger partial charge on any atom is -0.492 e. The normalized spacial score (nSPS) is 15.3. The number of carbonyl (C=O) groups excluding carboxylic acids is 1. The Bertz CT molecular complexity index is 806. The summed E-state index contributed by atoms with van der Waals surface area (Å²) >= 11 is 0. The van der Waals surface area contributed by atoms with Gasteiger partial charge in [0, 0.05) is 38.8 Å². The number of rotatable bonds is 7. The third-order valence-electron chi connectivity index (χ3n) is 4.37. The van der Waals surface area contributed by atoms with E-state index in [-0.39, 0.29) is 5.91 Å². The lowest BCUT2D eigenvalue weighted by molar-refractivity contribution is -0.117. The van der Waals surface area contributed by atoms with Crippen LogP contribution in [0.2, 0.25) is 0 Å². The summed E-state index contributed by atoms with van der Waals surface area (Å²) in [5.41, 5.74) is 0.597.